The molecule has 2 amide bonds. The van der Waals surface area contributed by atoms with Gasteiger partial charge in [-0.25, -0.2) is 9.78 Å². The fraction of sp³-hybridized carbons (Fsp3) is 0.714. The topological polar surface area (TPSA) is 74.2 Å². The number of hydrogen-bond donors (Lipinski definition) is 3. The number of aliphatic hydroxyl groups is 1. The number of carbonyl (C=O) groups excluding carboxylic acids is 1. The van der Waals surface area contributed by atoms with Gasteiger partial charge in [-0.15, -0.1) is 11.3 Å². The van der Waals surface area contributed by atoms with Crippen LogP contribution < -0.4 is 10.6 Å². The van der Waals surface area contributed by atoms with Gasteiger partial charge in [-0.05, 0) is 38.5 Å². The monoisotopic (exact) mass is 297 g/mol. The van der Waals surface area contributed by atoms with E-state index in [2.05, 4.69) is 22.5 Å². The SMILES string of the molecule is CCc1cnc([C@H](C)NC(=O)NC[C@@H]2CC[C@H](O)C2)s1. The Labute approximate surface area is 123 Å². The second-order valence-electron chi connectivity index (χ2n) is 5.43. The first-order valence-corrected chi connectivity index (χ1v) is 8.07. The summed E-state index contributed by atoms with van der Waals surface area (Å²) in [6.45, 7) is 4.67. The molecule has 0 aromatic carbocycles. The van der Waals surface area contributed by atoms with Gasteiger partial charge in [0.15, 0.2) is 0 Å². The van der Waals surface area contributed by atoms with Gasteiger partial charge in [-0.3, -0.25) is 0 Å². The van der Waals surface area contributed by atoms with E-state index in [9.17, 15) is 9.90 Å². The van der Waals surface area contributed by atoms with Crippen molar-refractivity contribution in [3.05, 3.63) is 16.1 Å². The number of amides is 2. The Morgan fingerprint density at radius 1 is 1.60 bits per heavy atom. The lowest BCUT2D eigenvalue weighted by atomic mass is 10.1. The van der Waals surface area contributed by atoms with Gasteiger partial charge in [0.2, 0.25) is 0 Å². The Morgan fingerprint density at radius 3 is 3.00 bits per heavy atom. The van der Waals surface area contributed by atoms with Crippen molar-refractivity contribution in [3.63, 3.8) is 0 Å². The smallest absolute Gasteiger partial charge is 0.315 e. The number of urea groups is 1. The van der Waals surface area contributed by atoms with Crippen LogP contribution in [-0.2, 0) is 6.42 Å². The Balaban J connectivity index is 1.73. The highest BCUT2D eigenvalue weighted by molar-refractivity contribution is 7.11. The van der Waals surface area contributed by atoms with E-state index in [1.165, 1.54) is 4.88 Å². The van der Waals surface area contributed by atoms with Crippen LogP contribution in [0.4, 0.5) is 4.79 Å². The molecule has 1 aliphatic carbocycles. The molecule has 3 N–H and O–H groups in total. The Morgan fingerprint density at radius 2 is 2.40 bits per heavy atom. The lowest BCUT2D eigenvalue weighted by molar-refractivity contribution is 0.177. The maximum atomic E-state index is 11.8. The average molecular weight is 297 g/mol. The van der Waals surface area contributed by atoms with Gasteiger partial charge in [-0.2, -0.15) is 0 Å². The van der Waals surface area contributed by atoms with Crippen molar-refractivity contribution in [2.24, 2.45) is 5.92 Å². The third-order valence-corrected chi connectivity index (χ3v) is 5.03. The summed E-state index contributed by atoms with van der Waals surface area (Å²) in [4.78, 5) is 17.4. The summed E-state index contributed by atoms with van der Waals surface area (Å²) in [6, 6.07) is -0.235. The zero-order valence-electron chi connectivity index (χ0n) is 12.1. The highest BCUT2D eigenvalue weighted by atomic mass is 32.1. The third kappa shape index (κ3) is 4.18. The predicted molar refractivity (Wildman–Crippen MR) is 79.8 cm³/mol. The summed E-state index contributed by atoms with van der Waals surface area (Å²) >= 11 is 1.64. The fourth-order valence-electron chi connectivity index (χ4n) is 2.47. The molecule has 20 heavy (non-hydrogen) atoms. The highest BCUT2D eigenvalue weighted by Crippen LogP contribution is 2.24. The Hall–Kier alpha value is -1.14. The molecule has 1 aromatic heterocycles. The number of aliphatic hydroxyl groups excluding tert-OH is 1. The largest absolute Gasteiger partial charge is 0.393 e. The summed E-state index contributed by atoms with van der Waals surface area (Å²) in [5.74, 6) is 0.401. The standard InChI is InChI=1S/C14H23N3O2S/c1-3-12-8-15-13(20-12)9(2)17-14(19)16-7-10-4-5-11(18)6-10/h8-11,18H,3-7H2,1-2H3,(H2,16,17,19)/t9-,10+,11-/m0/s1. The number of nitrogens with one attached hydrogen (secondary N) is 2. The van der Waals surface area contributed by atoms with E-state index in [-0.39, 0.29) is 18.2 Å². The van der Waals surface area contributed by atoms with Gasteiger partial charge in [-0.1, -0.05) is 6.92 Å². The molecule has 5 nitrogen and oxygen atoms in total. The van der Waals surface area contributed by atoms with E-state index in [1.807, 2.05) is 13.1 Å². The lowest BCUT2D eigenvalue weighted by Gasteiger charge is -2.14. The van der Waals surface area contributed by atoms with E-state index in [1.54, 1.807) is 11.3 Å². The van der Waals surface area contributed by atoms with E-state index < -0.39 is 0 Å². The Bertz CT molecular complexity index is 449. The second kappa shape index (κ2) is 7.04. The van der Waals surface area contributed by atoms with Crippen molar-refractivity contribution in [2.45, 2.75) is 51.7 Å². The van der Waals surface area contributed by atoms with Crippen molar-refractivity contribution >= 4 is 17.4 Å². The molecular formula is C14H23N3O2S. The first-order chi connectivity index (χ1) is 9.58. The molecule has 6 heteroatoms. The van der Waals surface area contributed by atoms with Gasteiger partial charge in [0, 0.05) is 17.6 Å². The van der Waals surface area contributed by atoms with E-state index >= 15 is 0 Å². The number of rotatable bonds is 5. The zero-order chi connectivity index (χ0) is 14.5. The quantitative estimate of drug-likeness (QED) is 0.780. The molecule has 0 bridgehead atoms. The van der Waals surface area contributed by atoms with Crippen LogP contribution in [0.2, 0.25) is 0 Å². The third-order valence-electron chi connectivity index (χ3n) is 3.70. The Kier molecular flexibility index (Phi) is 5.37. The summed E-state index contributed by atoms with van der Waals surface area (Å²) in [5, 5.41) is 16.2. The van der Waals surface area contributed by atoms with Gasteiger partial charge in [0.25, 0.3) is 0 Å². The lowest BCUT2D eigenvalue weighted by Crippen LogP contribution is -2.39. The minimum atomic E-state index is -0.188. The van der Waals surface area contributed by atoms with E-state index in [0.29, 0.717) is 12.5 Å². The van der Waals surface area contributed by atoms with Crippen LogP contribution in [0.1, 0.15) is 49.0 Å². The summed E-state index contributed by atoms with van der Waals surface area (Å²) < 4.78 is 0. The number of nitrogens with zero attached hydrogens (tertiary/aromatic N) is 1. The van der Waals surface area contributed by atoms with Gasteiger partial charge in [0.05, 0.1) is 12.1 Å². The van der Waals surface area contributed by atoms with Crippen LogP contribution in [0.3, 0.4) is 0 Å². The molecule has 0 aliphatic heterocycles. The van der Waals surface area contributed by atoms with Crippen molar-refractivity contribution in [1.82, 2.24) is 15.6 Å². The number of aryl methyl sites for hydroxylation is 1. The zero-order valence-corrected chi connectivity index (χ0v) is 12.9. The molecule has 3 atom stereocenters. The molecule has 0 radical (unpaired) electrons. The fourth-order valence-corrected chi connectivity index (χ4v) is 3.33. The predicted octanol–water partition coefficient (Wildman–Crippen LogP) is 2.23. The first-order valence-electron chi connectivity index (χ1n) is 7.25. The molecule has 1 aromatic rings. The van der Waals surface area contributed by atoms with Crippen molar-refractivity contribution in [2.75, 3.05) is 6.54 Å². The van der Waals surface area contributed by atoms with Crippen LogP contribution in [-0.4, -0.2) is 28.8 Å². The maximum Gasteiger partial charge on any atom is 0.315 e. The van der Waals surface area contributed by atoms with Crippen LogP contribution in [0.15, 0.2) is 6.20 Å². The highest BCUT2D eigenvalue weighted by Gasteiger charge is 2.23. The molecule has 2 rings (SSSR count). The first kappa shape index (κ1) is 15.3. The van der Waals surface area contributed by atoms with Crippen LogP contribution in [0.5, 0.6) is 0 Å². The second-order valence-corrected chi connectivity index (χ2v) is 6.57. The van der Waals surface area contributed by atoms with Crippen LogP contribution in [0, 0.1) is 5.92 Å². The van der Waals surface area contributed by atoms with E-state index in [0.717, 1.165) is 30.7 Å². The van der Waals surface area contributed by atoms with Crippen molar-refractivity contribution in [1.29, 1.82) is 0 Å². The molecule has 1 saturated carbocycles. The summed E-state index contributed by atoms with van der Waals surface area (Å²) in [7, 11) is 0. The van der Waals surface area contributed by atoms with Crippen molar-refractivity contribution < 1.29 is 9.90 Å². The number of hydrogen-bond acceptors (Lipinski definition) is 4. The van der Waals surface area contributed by atoms with Gasteiger partial charge < -0.3 is 15.7 Å². The van der Waals surface area contributed by atoms with Gasteiger partial charge >= 0.3 is 6.03 Å². The van der Waals surface area contributed by atoms with Crippen molar-refractivity contribution in [3.8, 4) is 0 Å². The minimum absolute atomic E-state index is 0.0746. The minimum Gasteiger partial charge on any atom is -0.393 e. The van der Waals surface area contributed by atoms with Crippen LogP contribution in [0.25, 0.3) is 0 Å². The summed E-state index contributed by atoms with van der Waals surface area (Å²) in [6.07, 6.45) is 5.29. The van der Waals surface area contributed by atoms with Gasteiger partial charge in [0.1, 0.15) is 5.01 Å². The van der Waals surface area contributed by atoms with Crippen LogP contribution >= 0.6 is 11.3 Å². The number of thiazole rings is 1. The number of aromatic nitrogens is 1. The maximum absolute atomic E-state index is 11.8. The molecule has 0 unspecified atom stereocenters. The average Bonchev–Trinajstić information content (AvgIpc) is 3.05. The molecule has 1 fully saturated rings. The number of carbonyl (C=O) groups is 1. The summed E-state index contributed by atoms with van der Waals surface area (Å²) in [5.41, 5.74) is 0. The molecule has 1 aliphatic rings. The molecular weight excluding hydrogens is 274 g/mol. The molecule has 1 heterocycles. The molecule has 112 valence electrons. The normalized spacial score (nSPS) is 23.6. The molecule has 0 spiro atoms. The van der Waals surface area contributed by atoms with E-state index in [4.69, 9.17) is 0 Å². The molecule has 0 saturated heterocycles.